The van der Waals surface area contributed by atoms with Crippen LogP contribution in [0, 0.1) is 6.92 Å². The molecule has 0 saturated carbocycles. The quantitative estimate of drug-likeness (QED) is 0.846. The van der Waals surface area contributed by atoms with Gasteiger partial charge in [-0.15, -0.1) is 0 Å². The lowest BCUT2D eigenvalue weighted by atomic mass is 10.2. The van der Waals surface area contributed by atoms with Crippen molar-refractivity contribution < 1.29 is 9.15 Å². The summed E-state index contributed by atoms with van der Waals surface area (Å²) in [7, 11) is 0. The van der Waals surface area contributed by atoms with Gasteiger partial charge in [-0.2, -0.15) is 0 Å². The molecule has 0 radical (unpaired) electrons. The second-order valence-electron chi connectivity index (χ2n) is 5.16. The van der Waals surface area contributed by atoms with E-state index in [1.54, 1.807) is 6.26 Å². The Morgan fingerprint density at radius 2 is 2.10 bits per heavy atom. The Bertz CT molecular complexity index is 563. The lowest BCUT2D eigenvalue weighted by Gasteiger charge is -2.07. The van der Waals surface area contributed by atoms with Gasteiger partial charge >= 0.3 is 0 Å². The summed E-state index contributed by atoms with van der Waals surface area (Å²) in [6, 6.07) is 8.50. The maximum Gasteiger partial charge on any atom is 0.146 e. The van der Waals surface area contributed by atoms with Crippen molar-refractivity contribution in [3.63, 3.8) is 0 Å². The smallest absolute Gasteiger partial charge is 0.146 e. The summed E-state index contributed by atoms with van der Waals surface area (Å²) in [5, 5.41) is 3.36. The van der Waals surface area contributed by atoms with E-state index in [0.29, 0.717) is 12.6 Å². The average molecular weight is 338 g/mol. The molecule has 2 aromatic rings. The van der Waals surface area contributed by atoms with Crippen LogP contribution in [-0.4, -0.2) is 6.04 Å². The summed E-state index contributed by atoms with van der Waals surface area (Å²) in [5.74, 6) is 1.71. The first-order chi connectivity index (χ1) is 9.54. The second kappa shape index (κ2) is 6.95. The highest BCUT2D eigenvalue weighted by atomic mass is 79.9. The van der Waals surface area contributed by atoms with Crippen LogP contribution in [0.15, 0.2) is 39.4 Å². The molecule has 3 nitrogen and oxygen atoms in total. The zero-order valence-corrected chi connectivity index (χ0v) is 13.7. The molecular formula is C16H20BrNO2. The molecule has 2 rings (SSSR count). The molecule has 0 unspecified atom stereocenters. The number of nitrogens with one attached hydrogen (secondary N) is 1. The molecule has 0 saturated heterocycles. The number of halogens is 1. The summed E-state index contributed by atoms with van der Waals surface area (Å²) in [5.41, 5.74) is 2.25. The van der Waals surface area contributed by atoms with Crippen molar-refractivity contribution >= 4 is 15.9 Å². The van der Waals surface area contributed by atoms with Crippen molar-refractivity contribution in [1.82, 2.24) is 5.32 Å². The summed E-state index contributed by atoms with van der Waals surface area (Å²) >= 11 is 3.45. The molecular weight excluding hydrogens is 318 g/mol. The predicted molar refractivity (Wildman–Crippen MR) is 83.9 cm³/mol. The minimum Gasteiger partial charge on any atom is -0.485 e. The lowest BCUT2D eigenvalue weighted by molar-refractivity contribution is 0.268. The van der Waals surface area contributed by atoms with Gasteiger partial charge in [-0.1, -0.05) is 35.8 Å². The van der Waals surface area contributed by atoms with Crippen LogP contribution in [0.4, 0.5) is 0 Å². The van der Waals surface area contributed by atoms with Crippen molar-refractivity contribution in [2.75, 3.05) is 0 Å². The van der Waals surface area contributed by atoms with Crippen molar-refractivity contribution in [2.24, 2.45) is 0 Å². The molecule has 20 heavy (non-hydrogen) atoms. The second-order valence-corrected chi connectivity index (χ2v) is 6.07. The van der Waals surface area contributed by atoms with Crippen LogP contribution in [0.1, 0.15) is 30.7 Å². The number of hydrogen-bond donors (Lipinski definition) is 1. The molecule has 0 atom stereocenters. The van der Waals surface area contributed by atoms with Gasteiger partial charge in [0, 0.05) is 22.6 Å². The Morgan fingerprint density at radius 1 is 1.30 bits per heavy atom. The summed E-state index contributed by atoms with van der Waals surface area (Å²) in [6.45, 7) is 7.54. The van der Waals surface area contributed by atoms with Crippen molar-refractivity contribution in [3.8, 4) is 5.75 Å². The van der Waals surface area contributed by atoms with Gasteiger partial charge in [0.05, 0.1) is 6.26 Å². The van der Waals surface area contributed by atoms with Crippen molar-refractivity contribution in [3.05, 3.63) is 51.9 Å². The van der Waals surface area contributed by atoms with Crippen molar-refractivity contribution in [1.29, 1.82) is 0 Å². The Kier molecular flexibility index (Phi) is 5.26. The Labute approximate surface area is 128 Å². The SMILES string of the molecule is Cc1ccc(Br)cc1OCc1cc(CNC(C)C)co1. The number of ether oxygens (including phenoxy) is 1. The maximum atomic E-state index is 5.80. The highest BCUT2D eigenvalue weighted by Crippen LogP contribution is 2.24. The van der Waals surface area contributed by atoms with E-state index in [1.807, 2.05) is 31.2 Å². The molecule has 0 aliphatic carbocycles. The Hall–Kier alpha value is -1.26. The fourth-order valence-corrected chi connectivity index (χ4v) is 2.13. The average Bonchev–Trinajstić information content (AvgIpc) is 2.85. The third-order valence-corrected chi connectivity index (χ3v) is 3.44. The third-order valence-electron chi connectivity index (χ3n) is 2.94. The standard InChI is InChI=1S/C16H20BrNO2/c1-11(2)18-8-13-6-15(19-9-13)10-20-16-7-14(17)5-4-12(16)3/h4-7,9,11,18H,8,10H2,1-3H3. The molecule has 4 heteroatoms. The zero-order valence-electron chi connectivity index (χ0n) is 12.1. The Balaban J connectivity index is 1.92. The van der Waals surface area contributed by atoms with E-state index in [9.17, 15) is 0 Å². The monoisotopic (exact) mass is 337 g/mol. The molecule has 0 spiro atoms. The molecule has 1 aromatic carbocycles. The number of aryl methyl sites for hydroxylation is 1. The lowest BCUT2D eigenvalue weighted by Crippen LogP contribution is -2.21. The molecule has 1 aromatic heterocycles. The van der Waals surface area contributed by atoms with Crippen LogP contribution >= 0.6 is 15.9 Å². The molecule has 0 amide bonds. The van der Waals surface area contributed by atoms with Gasteiger partial charge < -0.3 is 14.5 Å². The van der Waals surface area contributed by atoms with Gasteiger partial charge in [0.15, 0.2) is 0 Å². The fourth-order valence-electron chi connectivity index (χ4n) is 1.79. The van der Waals surface area contributed by atoms with E-state index in [4.69, 9.17) is 9.15 Å². The first-order valence-electron chi connectivity index (χ1n) is 6.73. The van der Waals surface area contributed by atoms with Crippen LogP contribution < -0.4 is 10.1 Å². The number of furan rings is 1. The Morgan fingerprint density at radius 3 is 2.85 bits per heavy atom. The fraction of sp³-hybridized carbons (Fsp3) is 0.375. The minimum absolute atomic E-state index is 0.443. The van der Waals surface area contributed by atoms with E-state index in [0.717, 1.165) is 33.7 Å². The van der Waals surface area contributed by atoms with Crippen molar-refractivity contribution in [2.45, 2.75) is 40.0 Å². The summed E-state index contributed by atoms with van der Waals surface area (Å²) < 4.78 is 12.3. The van der Waals surface area contributed by atoms with Crippen LogP contribution in [0.2, 0.25) is 0 Å². The predicted octanol–water partition coefficient (Wildman–Crippen LogP) is 4.43. The largest absolute Gasteiger partial charge is 0.485 e. The normalized spacial score (nSPS) is 11.1. The zero-order chi connectivity index (χ0) is 14.5. The molecule has 1 heterocycles. The minimum atomic E-state index is 0.443. The number of benzene rings is 1. The number of hydrogen-bond acceptors (Lipinski definition) is 3. The first-order valence-corrected chi connectivity index (χ1v) is 7.52. The molecule has 0 aliphatic heterocycles. The number of rotatable bonds is 6. The van der Waals surface area contributed by atoms with Crippen LogP contribution in [0.3, 0.4) is 0 Å². The van der Waals surface area contributed by atoms with Gasteiger partial charge in [-0.25, -0.2) is 0 Å². The van der Waals surface area contributed by atoms with Crippen LogP contribution in [-0.2, 0) is 13.2 Å². The summed E-state index contributed by atoms with van der Waals surface area (Å²) in [4.78, 5) is 0. The topological polar surface area (TPSA) is 34.4 Å². The molecule has 0 aliphatic rings. The molecule has 0 fully saturated rings. The molecule has 0 bridgehead atoms. The highest BCUT2D eigenvalue weighted by molar-refractivity contribution is 9.10. The maximum absolute atomic E-state index is 5.80. The van der Waals surface area contributed by atoms with Gasteiger partial charge in [0.25, 0.3) is 0 Å². The van der Waals surface area contributed by atoms with E-state index in [1.165, 1.54) is 0 Å². The van der Waals surface area contributed by atoms with E-state index in [-0.39, 0.29) is 0 Å². The molecule has 108 valence electrons. The van der Waals surface area contributed by atoms with Gasteiger partial charge in [-0.3, -0.25) is 0 Å². The first kappa shape index (κ1) is 15.1. The van der Waals surface area contributed by atoms with Crippen LogP contribution in [0.25, 0.3) is 0 Å². The summed E-state index contributed by atoms with van der Waals surface area (Å²) in [6.07, 6.45) is 1.78. The van der Waals surface area contributed by atoms with Crippen LogP contribution in [0.5, 0.6) is 5.75 Å². The van der Waals surface area contributed by atoms with Gasteiger partial charge in [0.1, 0.15) is 18.1 Å². The van der Waals surface area contributed by atoms with E-state index < -0.39 is 0 Å². The molecule has 1 N–H and O–H groups in total. The van der Waals surface area contributed by atoms with Gasteiger partial charge in [0.2, 0.25) is 0 Å². The third kappa shape index (κ3) is 4.39. The van der Waals surface area contributed by atoms with Gasteiger partial charge in [-0.05, 0) is 30.7 Å². The van der Waals surface area contributed by atoms with E-state index in [2.05, 4.69) is 35.1 Å². The van der Waals surface area contributed by atoms with E-state index >= 15 is 0 Å². The highest BCUT2D eigenvalue weighted by Gasteiger charge is 2.05.